The molecule has 1 N–H and O–H groups in total. The van der Waals surface area contributed by atoms with E-state index in [-0.39, 0.29) is 18.7 Å². The minimum absolute atomic E-state index is 0.0467. The summed E-state index contributed by atoms with van der Waals surface area (Å²) in [4.78, 5) is 25.1. The van der Waals surface area contributed by atoms with Crippen LogP contribution in [0.4, 0.5) is 0 Å². The minimum atomic E-state index is -0.548. The Balaban J connectivity index is 1.67. The predicted molar refractivity (Wildman–Crippen MR) is 129 cm³/mol. The molecule has 0 saturated carbocycles. The van der Waals surface area contributed by atoms with Crippen molar-refractivity contribution in [2.75, 3.05) is 7.11 Å². The Hall–Kier alpha value is -3.93. The lowest BCUT2D eigenvalue weighted by Gasteiger charge is -2.12. The Morgan fingerprint density at radius 1 is 1.21 bits per heavy atom. The Bertz CT molecular complexity index is 1310. The number of rotatable bonds is 9. The number of halogens is 1. The molecule has 0 unspecified atom stereocenters. The van der Waals surface area contributed by atoms with Gasteiger partial charge in [-0.15, -0.1) is 0 Å². The molecule has 0 radical (unpaired) electrons. The Kier molecular flexibility index (Phi) is 8.57. The number of ether oxygens (including phenoxy) is 2. The van der Waals surface area contributed by atoms with Gasteiger partial charge in [0.1, 0.15) is 30.5 Å². The van der Waals surface area contributed by atoms with E-state index in [9.17, 15) is 14.9 Å². The van der Waals surface area contributed by atoms with Gasteiger partial charge in [0, 0.05) is 29.0 Å². The largest absolute Gasteiger partial charge is 0.488 e. The first-order chi connectivity index (χ1) is 16.4. The summed E-state index contributed by atoms with van der Waals surface area (Å²) in [5.41, 5.74) is 4.41. The second-order valence-corrected chi connectivity index (χ2v) is 7.81. The van der Waals surface area contributed by atoms with Crippen molar-refractivity contribution in [3.8, 4) is 11.8 Å². The van der Waals surface area contributed by atoms with Crippen molar-refractivity contribution >= 4 is 23.7 Å². The van der Waals surface area contributed by atoms with E-state index in [4.69, 9.17) is 21.1 Å². The topological polar surface area (TPSA) is 106 Å². The summed E-state index contributed by atoms with van der Waals surface area (Å²) < 4.78 is 12.1. The number of amides is 1. The number of hydrazone groups is 1. The maximum Gasteiger partial charge on any atom is 0.269 e. The molecule has 9 heteroatoms. The Morgan fingerprint density at radius 2 is 2.00 bits per heavy atom. The number of benzene rings is 2. The van der Waals surface area contributed by atoms with Crippen LogP contribution >= 0.6 is 11.6 Å². The molecule has 8 nitrogen and oxygen atoms in total. The van der Waals surface area contributed by atoms with E-state index in [2.05, 4.69) is 10.5 Å². The minimum Gasteiger partial charge on any atom is -0.488 e. The maximum absolute atomic E-state index is 12.6. The van der Waals surface area contributed by atoms with Crippen molar-refractivity contribution in [1.29, 1.82) is 5.26 Å². The quantitative estimate of drug-likeness (QED) is 0.374. The molecular formula is C25H23ClN4O4. The molecule has 2 aromatic carbocycles. The van der Waals surface area contributed by atoms with E-state index in [1.54, 1.807) is 31.2 Å². The SMILES string of the molecule is COCc1cc(C)n(CC(=O)N/N=C/c2ccccc2OCc2cccc(Cl)c2)c(=O)c1C#N. The number of hydrogen-bond donors (Lipinski definition) is 1. The van der Waals surface area contributed by atoms with Crippen LogP contribution < -0.4 is 15.7 Å². The molecule has 0 saturated heterocycles. The van der Waals surface area contributed by atoms with Gasteiger partial charge in [0.2, 0.25) is 0 Å². The summed E-state index contributed by atoms with van der Waals surface area (Å²) in [7, 11) is 1.48. The van der Waals surface area contributed by atoms with Gasteiger partial charge in [0.05, 0.1) is 12.8 Å². The number of aryl methyl sites for hydroxylation is 1. The molecule has 3 rings (SSSR count). The van der Waals surface area contributed by atoms with Gasteiger partial charge in [-0.05, 0) is 42.8 Å². The van der Waals surface area contributed by atoms with E-state index >= 15 is 0 Å². The number of carbonyl (C=O) groups excluding carboxylic acids is 1. The number of para-hydroxylation sites is 1. The summed E-state index contributed by atoms with van der Waals surface area (Å²) in [6, 6.07) is 18.2. The van der Waals surface area contributed by atoms with Gasteiger partial charge >= 0.3 is 0 Å². The number of nitrogens with one attached hydrogen (secondary N) is 1. The molecule has 34 heavy (non-hydrogen) atoms. The van der Waals surface area contributed by atoms with Crippen LogP contribution in [0.3, 0.4) is 0 Å². The highest BCUT2D eigenvalue weighted by Crippen LogP contribution is 2.19. The van der Waals surface area contributed by atoms with Crippen LogP contribution in [0.2, 0.25) is 5.02 Å². The molecule has 0 atom stereocenters. The molecular weight excluding hydrogens is 456 g/mol. The zero-order chi connectivity index (χ0) is 24.5. The van der Waals surface area contributed by atoms with E-state index in [1.807, 2.05) is 36.4 Å². The molecule has 1 heterocycles. The molecule has 1 amide bonds. The van der Waals surface area contributed by atoms with E-state index in [0.717, 1.165) is 5.56 Å². The Labute approximate surface area is 202 Å². The van der Waals surface area contributed by atoms with Crippen molar-refractivity contribution in [2.45, 2.75) is 26.7 Å². The van der Waals surface area contributed by atoms with Crippen molar-refractivity contribution in [3.63, 3.8) is 0 Å². The molecule has 0 spiro atoms. The number of methoxy groups -OCH3 is 1. The predicted octanol–water partition coefficient (Wildman–Crippen LogP) is 3.56. The third kappa shape index (κ3) is 6.32. The molecule has 0 aliphatic rings. The standard InChI is InChI=1S/C25H23ClN4O4/c1-17-10-20(16-33-2)22(12-27)25(32)30(17)14-24(31)29-28-13-19-7-3-4-9-23(19)34-15-18-6-5-8-21(26)11-18/h3-11,13H,14-16H2,1-2H3,(H,29,31)/b28-13+. The first-order valence-electron chi connectivity index (χ1n) is 10.3. The highest BCUT2D eigenvalue weighted by Gasteiger charge is 2.14. The van der Waals surface area contributed by atoms with Crippen LogP contribution in [0.1, 0.15) is 27.9 Å². The number of nitrogens with zero attached hydrogens (tertiary/aromatic N) is 3. The third-order valence-electron chi connectivity index (χ3n) is 4.90. The normalized spacial score (nSPS) is 10.8. The van der Waals surface area contributed by atoms with Gasteiger partial charge < -0.3 is 14.0 Å². The van der Waals surface area contributed by atoms with Gasteiger partial charge in [0.25, 0.3) is 11.5 Å². The van der Waals surface area contributed by atoms with Gasteiger partial charge in [-0.25, -0.2) is 5.43 Å². The molecule has 1 aromatic heterocycles. The van der Waals surface area contributed by atoms with Crippen molar-refractivity contribution in [2.24, 2.45) is 5.10 Å². The lowest BCUT2D eigenvalue weighted by Crippen LogP contribution is -2.33. The van der Waals surface area contributed by atoms with Crippen molar-refractivity contribution in [1.82, 2.24) is 9.99 Å². The zero-order valence-corrected chi connectivity index (χ0v) is 19.5. The average Bonchev–Trinajstić information content (AvgIpc) is 2.81. The first-order valence-corrected chi connectivity index (χ1v) is 10.7. The van der Waals surface area contributed by atoms with Gasteiger partial charge in [-0.1, -0.05) is 35.9 Å². The number of nitriles is 1. The average molecular weight is 479 g/mol. The number of aromatic nitrogens is 1. The highest BCUT2D eigenvalue weighted by atomic mass is 35.5. The van der Waals surface area contributed by atoms with E-state index < -0.39 is 11.5 Å². The second kappa shape index (κ2) is 11.8. The summed E-state index contributed by atoms with van der Waals surface area (Å²) in [5, 5.41) is 14.0. The summed E-state index contributed by atoms with van der Waals surface area (Å²) in [6.07, 6.45) is 1.46. The summed E-state index contributed by atoms with van der Waals surface area (Å²) in [6.45, 7) is 1.86. The number of carbonyl (C=O) groups is 1. The van der Waals surface area contributed by atoms with Crippen LogP contribution in [-0.2, 0) is 29.3 Å². The number of pyridine rings is 1. The molecule has 0 fully saturated rings. The maximum atomic E-state index is 12.6. The fourth-order valence-electron chi connectivity index (χ4n) is 3.28. The lowest BCUT2D eigenvalue weighted by molar-refractivity contribution is -0.121. The fourth-order valence-corrected chi connectivity index (χ4v) is 3.49. The van der Waals surface area contributed by atoms with Crippen LogP contribution in [0.15, 0.2) is 64.5 Å². The second-order valence-electron chi connectivity index (χ2n) is 7.37. The molecule has 0 aliphatic carbocycles. The smallest absolute Gasteiger partial charge is 0.269 e. The van der Waals surface area contributed by atoms with Gasteiger partial charge in [-0.3, -0.25) is 9.59 Å². The Morgan fingerprint density at radius 3 is 2.74 bits per heavy atom. The zero-order valence-electron chi connectivity index (χ0n) is 18.7. The first kappa shape index (κ1) is 24.7. The van der Waals surface area contributed by atoms with E-state index in [0.29, 0.717) is 34.2 Å². The van der Waals surface area contributed by atoms with E-state index in [1.165, 1.54) is 17.9 Å². The van der Waals surface area contributed by atoms with Gasteiger partial charge in [0.15, 0.2) is 0 Å². The molecule has 174 valence electrons. The molecule has 0 bridgehead atoms. The number of hydrogen-bond acceptors (Lipinski definition) is 6. The lowest BCUT2D eigenvalue weighted by atomic mass is 10.1. The van der Waals surface area contributed by atoms with Crippen LogP contribution in [0.5, 0.6) is 5.75 Å². The molecule has 3 aromatic rings. The van der Waals surface area contributed by atoms with Crippen molar-refractivity contribution < 1.29 is 14.3 Å². The third-order valence-corrected chi connectivity index (χ3v) is 5.13. The van der Waals surface area contributed by atoms with Gasteiger partial charge in [-0.2, -0.15) is 10.4 Å². The monoisotopic (exact) mass is 478 g/mol. The summed E-state index contributed by atoms with van der Waals surface area (Å²) >= 11 is 6.01. The van der Waals surface area contributed by atoms with Crippen LogP contribution in [0.25, 0.3) is 0 Å². The van der Waals surface area contributed by atoms with Crippen LogP contribution in [0, 0.1) is 18.3 Å². The van der Waals surface area contributed by atoms with Crippen molar-refractivity contribution in [3.05, 3.63) is 97.9 Å². The molecule has 0 aliphatic heterocycles. The highest BCUT2D eigenvalue weighted by molar-refractivity contribution is 6.30. The fraction of sp³-hybridized carbons (Fsp3) is 0.200. The van der Waals surface area contributed by atoms with Crippen LogP contribution in [-0.4, -0.2) is 23.8 Å². The summed E-state index contributed by atoms with van der Waals surface area (Å²) in [5.74, 6) is 0.0714.